The fraction of sp³-hybridized carbons (Fsp3) is 0.600. The van der Waals surface area contributed by atoms with E-state index in [1.54, 1.807) is 0 Å². The van der Waals surface area contributed by atoms with Gasteiger partial charge in [0.15, 0.2) is 0 Å². The third-order valence-electron chi connectivity index (χ3n) is 3.45. The van der Waals surface area contributed by atoms with Gasteiger partial charge in [0, 0.05) is 23.2 Å². The zero-order valence-corrected chi connectivity index (χ0v) is 13.4. The number of hydrogen-bond donors (Lipinski definition) is 0. The molecule has 1 aromatic rings. The van der Waals surface area contributed by atoms with Crippen molar-refractivity contribution in [3.8, 4) is 0 Å². The number of halogens is 1. The number of nitrogens with zero attached hydrogens (tertiary/aromatic N) is 2. The second kappa shape index (κ2) is 7.27. The molecular formula is C15H23BrN2O. The van der Waals surface area contributed by atoms with Gasteiger partial charge >= 0.3 is 0 Å². The molecule has 0 aliphatic carbocycles. The third-order valence-corrected chi connectivity index (χ3v) is 3.94. The summed E-state index contributed by atoms with van der Waals surface area (Å²) in [6.45, 7) is 4.81. The first-order chi connectivity index (χ1) is 9.16. The lowest BCUT2D eigenvalue weighted by Gasteiger charge is -2.31. The van der Waals surface area contributed by atoms with Gasteiger partial charge in [0.25, 0.3) is 0 Å². The molecule has 0 spiro atoms. The zero-order valence-electron chi connectivity index (χ0n) is 11.9. The van der Waals surface area contributed by atoms with Gasteiger partial charge in [-0.3, -0.25) is 0 Å². The van der Waals surface area contributed by atoms with Gasteiger partial charge < -0.3 is 14.5 Å². The van der Waals surface area contributed by atoms with Crippen LogP contribution >= 0.6 is 15.9 Å². The molecule has 0 amide bonds. The van der Waals surface area contributed by atoms with E-state index in [0.717, 1.165) is 43.7 Å². The zero-order chi connectivity index (χ0) is 13.7. The quantitative estimate of drug-likeness (QED) is 0.827. The second-order valence-electron chi connectivity index (χ2n) is 5.28. The van der Waals surface area contributed by atoms with Gasteiger partial charge in [-0.05, 0) is 51.2 Å². The number of aryl methyl sites for hydroxylation is 1. The summed E-state index contributed by atoms with van der Waals surface area (Å²) < 4.78 is 6.60. The molecule has 1 saturated heterocycles. The predicted molar refractivity (Wildman–Crippen MR) is 84.0 cm³/mol. The fourth-order valence-corrected chi connectivity index (χ4v) is 2.78. The molecule has 0 bridgehead atoms. The minimum atomic E-state index is 0.837. The standard InChI is InChI=1S/C15H23BrN2O/c1-17(2)7-3-4-13-5-6-14(16)12-15(13)18-8-10-19-11-9-18/h5-6,12H,3-4,7-11H2,1-2H3. The smallest absolute Gasteiger partial charge is 0.0642 e. The van der Waals surface area contributed by atoms with Crippen LogP contribution < -0.4 is 4.90 Å². The van der Waals surface area contributed by atoms with E-state index in [1.165, 1.54) is 17.7 Å². The molecule has 0 aromatic heterocycles. The fourth-order valence-electron chi connectivity index (χ4n) is 2.43. The topological polar surface area (TPSA) is 15.7 Å². The van der Waals surface area contributed by atoms with Crippen LogP contribution in [0.4, 0.5) is 5.69 Å². The number of rotatable bonds is 5. The molecule has 1 aliphatic heterocycles. The maximum absolute atomic E-state index is 5.44. The van der Waals surface area contributed by atoms with Crippen LogP contribution in [0.25, 0.3) is 0 Å². The lowest BCUT2D eigenvalue weighted by atomic mass is 10.1. The van der Waals surface area contributed by atoms with Crippen LogP contribution in [0.3, 0.4) is 0 Å². The summed E-state index contributed by atoms with van der Waals surface area (Å²) in [7, 11) is 4.26. The Balaban J connectivity index is 2.08. The van der Waals surface area contributed by atoms with E-state index >= 15 is 0 Å². The summed E-state index contributed by atoms with van der Waals surface area (Å²) >= 11 is 3.59. The van der Waals surface area contributed by atoms with E-state index in [4.69, 9.17) is 4.74 Å². The van der Waals surface area contributed by atoms with Crippen molar-refractivity contribution >= 4 is 21.6 Å². The van der Waals surface area contributed by atoms with Crippen LogP contribution in [0.2, 0.25) is 0 Å². The highest BCUT2D eigenvalue weighted by Crippen LogP contribution is 2.27. The van der Waals surface area contributed by atoms with Crippen LogP contribution in [0.5, 0.6) is 0 Å². The van der Waals surface area contributed by atoms with Crippen molar-refractivity contribution in [3.63, 3.8) is 0 Å². The first-order valence-corrected chi connectivity index (χ1v) is 7.72. The Labute approximate surface area is 124 Å². The van der Waals surface area contributed by atoms with Crippen molar-refractivity contribution in [2.45, 2.75) is 12.8 Å². The molecule has 1 fully saturated rings. The van der Waals surface area contributed by atoms with E-state index in [9.17, 15) is 0 Å². The summed E-state index contributed by atoms with van der Waals surface area (Å²) in [6, 6.07) is 6.65. The van der Waals surface area contributed by atoms with E-state index in [2.05, 4.69) is 58.0 Å². The Bertz CT molecular complexity index is 403. The Morgan fingerprint density at radius 3 is 2.68 bits per heavy atom. The molecular weight excluding hydrogens is 304 g/mol. The monoisotopic (exact) mass is 326 g/mol. The summed E-state index contributed by atoms with van der Waals surface area (Å²) in [5.41, 5.74) is 2.82. The van der Waals surface area contributed by atoms with E-state index < -0.39 is 0 Å². The van der Waals surface area contributed by atoms with E-state index in [-0.39, 0.29) is 0 Å². The molecule has 0 radical (unpaired) electrons. The SMILES string of the molecule is CN(C)CCCc1ccc(Br)cc1N1CCOCC1. The Morgan fingerprint density at radius 1 is 1.26 bits per heavy atom. The number of ether oxygens (including phenoxy) is 1. The predicted octanol–water partition coefficient (Wildman–Crippen LogP) is 2.78. The van der Waals surface area contributed by atoms with Crippen LogP contribution in [0.15, 0.2) is 22.7 Å². The lowest BCUT2D eigenvalue weighted by molar-refractivity contribution is 0.122. The van der Waals surface area contributed by atoms with Gasteiger partial charge in [-0.25, -0.2) is 0 Å². The molecule has 0 N–H and O–H groups in total. The number of hydrogen-bond acceptors (Lipinski definition) is 3. The van der Waals surface area contributed by atoms with Gasteiger partial charge in [0.2, 0.25) is 0 Å². The van der Waals surface area contributed by atoms with E-state index in [1.807, 2.05) is 0 Å². The summed E-state index contributed by atoms with van der Waals surface area (Å²) in [6.07, 6.45) is 2.34. The van der Waals surface area contributed by atoms with Gasteiger partial charge in [0.05, 0.1) is 13.2 Å². The van der Waals surface area contributed by atoms with E-state index in [0.29, 0.717) is 0 Å². The highest BCUT2D eigenvalue weighted by Gasteiger charge is 2.15. The van der Waals surface area contributed by atoms with Crippen LogP contribution in [0.1, 0.15) is 12.0 Å². The minimum absolute atomic E-state index is 0.837. The molecule has 0 saturated carbocycles. The van der Waals surface area contributed by atoms with Crippen molar-refractivity contribution in [2.24, 2.45) is 0 Å². The van der Waals surface area contributed by atoms with Gasteiger partial charge in [0.1, 0.15) is 0 Å². The Hall–Kier alpha value is -0.580. The Morgan fingerprint density at radius 2 is 2.00 bits per heavy atom. The lowest BCUT2D eigenvalue weighted by Crippen LogP contribution is -2.36. The summed E-state index contributed by atoms with van der Waals surface area (Å²) in [5, 5.41) is 0. The van der Waals surface area contributed by atoms with Crippen molar-refractivity contribution in [2.75, 3.05) is 51.8 Å². The third kappa shape index (κ3) is 4.48. The number of morpholine rings is 1. The Kier molecular flexibility index (Phi) is 5.67. The van der Waals surface area contributed by atoms with Gasteiger partial charge in [-0.2, -0.15) is 0 Å². The molecule has 2 rings (SSSR count). The minimum Gasteiger partial charge on any atom is -0.378 e. The molecule has 1 aromatic carbocycles. The summed E-state index contributed by atoms with van der Waals surface area (Å²) in [4.78, 5) is 4.69. The van der Waals surface area contributed by atoms with Crippen molar-refractivity contribution in [1.82, 2.24) is 4.90 Å². The van der Waals surface area contributed by atoms with Crippen LogP contribution in [0, 0.1) is 0 Å². The first-order valence-electron chi connectivity index (χ1n) is 6.92. The largest absolute Gasteiger partial charge is 0.378 e. The average Bonchev–Trinajstić information content (AvgIpc) is 2.41. The molecule has 1 heterocycles. The average molecular weight is 327 g/mol. The molecule has 106 valence electrons. The summed E-state index contributed by atoms with van der Waals surface area (Å²) in [5.74, 6) is 0. The highest BCUT2D eigenvalue weighted by atomic mass is 79.9. The van der Waals surface area contributed by atoms with Crippen LogP contribution in [-0.2, 0) is 11.2 Å². The normalized spacial score (nSPS) is 16.1. The first kappa shape index (κ1) is 14.8. The molecule has 4 heteroatoms. The van der Waals surface area contributed by atoms with Crippen molar-refractivity contribution < 1.29 is 4.74 Å². The molecule has 19 heavy (non-hydrogen) atoms. The highest BCUT2D eigenvalue weighted by molar-refractivity contribution is 9.10. The number of anilines is 1. The van der Waals surface area contributed by atoms with Crippen LogP contribution in [-0.4, -0.2) is 51.8 Å². The second-order valence-corrected chi connectivity index (χ2v) is 6.19. The molecule has 0 atom stereocenters. The van der Waals surface area contributed by atoms with Crippen molar-refractivity contribution in [1.29, 1.82) is 0 Å². The molecule has 3 nitrogen and oxygen atoms in total. The van der Waals surface area contributed by atoms with Gasteiger partial charge in [-0.1, -0.05) is 22.0 Å². The molecule has 1 aliphatic rings. The maximum atomic E-state index is 5.44. The van der Waals surface area contributed by atoms with Gasteiger partial charge in [-0.15, -0.1) is 0 Å². The molecule has 0 unspecified atom stereocenters. The maximum Gasteiger partial charge on any atom is 0.0642 e. The van der Waals surface area contributed by atoms with Crippen molar-refractivity contribution in [3.05, 3.63) is 28.2 Å². The number of benzene rings is 1.